The molecule has 0 N–H and O–H groups in total. The van der Waals surface area contributed by atoms with Crippen LogP contribution in [0.5, 0.6) is 0 Å². The van der Waals surface area contributed by atoms with Crippen LogP contribution in [0.15, 0.2) is 24.3 Å². The number of hydrogen-bond acceptors (Lipinski definition) is 3. The number of carbonyl (C=O) groups excluding carboxylic acids is 2. The SMILES string of the molecule is Cc1ccccc1[C@@H]1C[C@H]1C(=O)N1CCN(CC(=O)C2CC2)CC1. The van der Waals surface area contributed by atoms with Gasteiger partial charge < -0.3 is 4.90 Å². The van der Waals surface area contributed by atoms with E-state index >= 15 is 0 Å². The Hall–Kier alpha value is -1.68. The number of amides is 1. The first-order chi connectivity index (χ1) is 11.6. The molecule has 1 aromatic rings. The highest BCUT2D eigenvalue weighted by atomic mass is 16.2. The molecule has 2 saturated carbocycles. The van der Waals surface area contributed by atoms with Crippen molar-refractivity contribution >= 4 is 11.7 Å². The molecule has 0 spiro atoms. The minimum absolute atomic E-state index is 0.172. The molecule has 0 aromatic heterocycles. The first-order valence-electron chi connectivity index (χ1n) is 9.23. The van der Waals surface area contributed by atoms with Gasteiger partial charge in [-0.2, -0.15) is 0 Å². The van der Waals surface area contributed by atoms with Gasteiger partial charge in [-0.05, 0) is 43.2 Å². The van der Waals surface area contributed by atoms with Crippen molar-refractivity contribution < 1.29 is 9.59 Å². The fraction of sp³-hybridized carbons (Fsp3) is 0.600. The molecule has 2 atom stereocenters. The average molecular weight is 326 g/mol. The molecule has 1 amide bonds. The maximum atomic E-state index is 12.7. The third-order valence-corrected chi connectivity index (χ3v) is 5.79. The highest BCUT2D eigenvalue weighted by molar-refractivity contribution is 5.85. The molecule has 0 unspecified atom stereocenters. The van der Waals surface area contributed by atoms with E-state index in [0.717, 1.165) is 45.4 Å². The Kier molecular flexibility index (Phi) is 4.17. The van der Waals surface area contributed by atoms with Gasteiger partial charge in [0.05, 0.1) is 6.54 Å². The largest absolute Gasteiger partial charge is 0.340 e. The van der Waals surface area contributed by atoms with Crippen molar-refractivity contribution in [2.75, 3.05) is 32.7 Å². The second-order valence-corrected chi connectivity index (χ2v) is 7.65. The zero-order chi connectivity index (χ0) is 16.7. The van der Waals surface area contributed by atoms with Gasteiger partial charge in [0.25, 0.3) is 0 Å². The predicted octanol–water partition coefficient (Wildman–Crippen LogP) is 2.22. The van der Waals surface area contributed by atoms with Gasteiger partial charge in [0, 0.05) is 38.0 Å². The van der Waals surface area contributed by atoms with Crippen molar-refractivity contribution in [3.8, 4) is 0 Å². The standard InChI is InChI=1S/C20H26N2O2/c1-14-4-2-3-5-16(14)17-12-18(17)20(24)22-10-8-21(9-11-22)13-19(23)15-6-7-15/h2-5,15,17-18H,6-13H2,1H3/t17-,18+/m0/s1. The number of benzene rings is 1. The van der Waals surface area contributed by atoms with Crippen molar-refractivity contribution in [3.05, 3.63) is 35.4 Å². The van der Waals surface area contributed by atoms with E-state index in [1.807, 2.05) is 4.90 Å². The summed E-state index contributed by atoms with van der Waals surface area (Å²) in [4.78, 5) is 28.9. The van der Waals surface area contributed by atoms with Gasteiger partial charge in [-0.1, -0.05) is 24.3 Å². The van der Waals surface area contributed by atoms with Crippen molar-refractivity contribution in [2.24, 2.45) is 11.8 Å². The third-order valence-electron chi connectivity index (χ3n) is 5.79. The molecule has 2 aliphatic carbocycles. The Bertz CT molecular complexity index is 645. The number of rotatable bonds is 5. The summed E-state index contributed by atoms with van der Waals surface area (Å²) in [6, 6.07) is 8.41. The van der Waals surface area contributed by atoms with Gasteiger partial charge in [-0.3, -0.25) is 14.5 Å². The van der Waals surface area contributed by atoms with Crippen LogP contribution in [0.3, 0.4) is 0 Å². The molecule has 4 rings (SSSR count). The summed E-state index contributed by atoms with van der Waals surface area (Å²) in [7, 11) is 0. The van der Waals surface area contributed by atoms with Crippen LogP contribution in [-0.2, 0) is 9.59 Å². The first kappa shape index (κ1) is 15.8. The fourth-order valence-electron chi connectivity index (χ4n) is 3.93. The van der Waals surface area contributed by atoms with Crippen molar-refractivity contribution in [3.63, 3.8) is 0 Å². The van der Waals surface area contributed by atoms with Gasteiger partial charge in [0.1, 0.15) is 5.78 Å². The summed E-state index contributed by atoms with van der Waals surface area (Å²) in [6.45, 7) is 5.94. The van der Waals surface area contributed by atoms with Crippen LogP contribution in [-0.4, -0.2) is 54.2 Å². The van der Waals surface area contributed by atoms with Gasteiger partial charge in [0.15, 0.2) is 0 Å². The molecule has 4 heteroatoms. The summed E-state index contributed by atoms with van der Waals surface area (Å²) in [6.07, 6.45) is 3.16. The van der Waals surface area contributed by atoms with E-state index in [0.29, 0.717) is 30.1 Å². The van der Waals surface area contributed by atoms with Gasteiger partial charge in [-0.15, -0.1) is 0 Å². The molecule has 0 bridgehead atoms. The Morgan fingerprint density at radius 1 is 1.08 bits per heavy atom. The molecule has 1 heterocycles. The molecule has 128 valence electrons. The quantitative estimate of drug-likeness (QED) is 0.833. The Labute approximate surface area is 143 Å². The molecular weight excluding hydrogens is 300 g/mol. The minimum Gasteiger partial charge on any atom is -0.340 e. The second kappa shape index (κ2) is 6.32. The number of carbonyl (C=O) groups is 2. The summed E-state index contributed by atoms with van der Waals surface area (Å²) < 4.78 is 0. The van der Waals surface area contributed by atoms with Crippen LogP contribution in [0, 0.1) is 18.8 Å². The lowest BCUT2D eigenvalue weighted by Gasteiger charge is -2.34. The maximum absolute atomic E-state index is 12.7. The summed E-state index contributed by atoms with van der Waals surface area (Å²) >= 11 is 0. The number of ketones is 1. The summed E-state index contributed by atoms with van der Waals surface area (Å²) in [5.74, 6) is 1.64. The molecule has 1 aromatic carbocycles. The lowest BCUT2D eigenvalue weighted by molar-refractivity contribution is -0.134. The Balaban J connectivity index is 1.28. The number of aryl methyl sites for hydroxylation is 1. The van der Waals surface area contributed by atoms with E-state index in [-0.39, 0.29) is 5.92 Å². The van der Waals surface area contributed by atoms with Crippen LogP contribution in [0.2, 0.25) is 0 Å². The van der Waals surface area contributed by atoms with Crippen molar-refractivity contribution in [1.29, 1.82) is 0 Å². The highest BCUT2D eigenvalue weighted by Gasteiger charge is 2.46. The third kappa shape index (κ3) is 3.25. The van der Waals surface area contributed by atoms with Gasteiger partial charge in [-0.25, -0.2) is 0 Å². The number of nitrogens with zero attached hydrogens (tertiary/aromatic N) is 2. The Morgan fingerprint density at radius 2 is 1.79 bits per heavy atom. The molecule has 24 heavy (non-hydrogen) atoms. The maximum Gasteiger partial charge on any atom is 0.226 e. The highest BCUT2D eigenvalue weighted by Crippen LogP contribution is 2.49. The van der Waals surface area contributed by atoms with Crippen molar-refractivity contribution in [2.45, 2.75) is 32.1 Å². The summed E-state index contributed by atoms with van der Waals surface area (Å²) in [5.41, 5.74) is 2.63. The topological polar surface area (TPSA) is 40.6 Å². The fourth-order valence-corrected chi connectivity index (χ4v) is 3.93. The van der Waals surface area contributed by atoms with E-state index in [9.17, 15) is 9.59 Å². The van der Waals surface area contributed by atoms with Crippen LogP contribution >= 0.6 is 0 Å². The van der Waals surface area contributed by atoms with E-state index in [2.05, 4.69) is 36.1 Å². The lowest BCUT2D eigenvalue weighted by atomic mass is 10.0. The molecular formula is C20H26N2O2. The van der Waals surface area contributed by atoms with Crippen LogP contribution in [0.25, 0.3) is 0 Å². The monoisotopic (exact) mass is 326 g/mol. The second-order valence-electron chi connectivity index (χ2n) is 7.65. The molecule has 3 fully saturated rings. The van der Waals surface area contributed by atoms with E-state index in [4.69, 9.17) is 0 Å². The van der Waals surface area contributed by atoms with E-state index < -0.39 is 0 Å². The van der Waals surface area contributed by atoms with Crippen molar-refractivity contribution in [1.82, 2.24) is 9.80 Å². The average Bonchev–Trinajstić information content (AvgIpc) is 3.48. The molecule has 1 aliphatic heterocycles. The van der Waals surface area contributed by atoms with Gasteiger partial charge >= 0.3 is 0 Å². The Morgan fingerprint density at radius 3 is 2.46 bits per heavy atom. The predicted molar refractivity (Wildman–Crippen MR) is 92.8 cm³/mol. The molecule has 0 radical (unpaired) electrons. The normalized spacial score (nSPS) is 27.1. The number of piperazine rings is 1. The van der Waals surface area contributed by atoms with Crippen LogP contribution < -0.4 is 0 Å². The molecule has 3 aliphatic rings. The smallest absolute Gasteiger partial charge is 0.226 e. The number of Topliss-reactive ketones (excluding diaryl/α,β-unsaturated/α-hetero) is 1. The molecule has 4 nitrogen and oxygen atoms in total. The number of hydrogen-bond donors (Lipinski definition) is 0. The lowest BCUT2D eigenvalue weighted by Crippen LogP contribution is -2.50. The summed E-state index contributed by atoms with van der Waals surface area (Å²) in [5, 5.41) is 0. The zero-order valence-corrected chi connectivity index (χ0v) is 14.4. The molecule has 1 saturated heterocycles. The zero-order valence-electron chi connectivity index (χ0n) is 14.4. The van der Waals surface area contributed by atoms with Gasteiger partial charge in [0.2, 0.25) is 5.91 Å². The van der Waals surface area contributed by atoms with Crippen LogP contribution in [0.1, 0.15) is 36.3 Å². The minimum atomic E-state index is 0.172. The van der Waals surface area contributed by atoms with E-state index in [1.165, 1.54) is 11.1 Å². The first-order valence-corrected chi connectivity index (χ1v) is 9.23. The van der Waals surface area contributed by atoms with E-state index in [1.54, 1.807) is 0 Å². The van der Waals surface area contributed by atoms with Crippen LogP contribution in [0.4, 0.5) is 0 Å².